The molecule has 0 saturated heterocycles. The van der Waals surface area contributed by atoms with Crippen LogP contribution in [0, 0.1) is 0 Å². The van der Waals surface area contributed by atoms with E-state index in [-0.39, 0.29) is 6.42 Å². The number of aliphatic carboxylic acids is 1. The summed E-state index contributed by atoms with van der Waals surface area (Å²) < 4.78 is 0. The molecule has 140 valence electrons. The number of hydrogen-bond acceptors (Lipinski definition) is 1. The Hall–Kier alpha value is -2.44. The minimum atomic E-state index is -2.15. The molecular formula is C24H27O2P. The molecule has 0 atom stereocenters. The maximum absolute atomic E-state index is 10.8. The molecule has 3 heteroatoms. The van der Waals surface area contributed by atoms with Gasteiger partial charge in [0.15, 0.2) is 0 Å². The average Bonchev–Trinajstić information content (AvgIpc) is 2.73. The molecule has 0 bridgehead atoms. The summed E-state index contributed by atoms with van der Waals surface area (Å²) in [4.78, 5) is 10.8. The van der Waals surface area contributed by atoms with E-state index in [1.54, 1.807) is 0 Å². The molecule has 0 aromatic heterocycles. The molecule has 2 nitrogen and oxygen atoms in total. The average molecular weight is 378 g/mol. The second-order valence-corrected chi connectivity index (χ2v) is 11.0. The van der Waals surface area contributed by atoms with Gasteiger partial charge in [-0.3, -0.25) is 0 Å². The first-order valence-corrected chi connectivity index (χ1v) is 11.8. The Labute approximate surface area is 162 Å². The number of hydrogen-bond donors (Lipinski definition) is 1. The van der Waals surface area contributed by atoms with Crippen LogP contribution in [0.5, 0.6) is 0 Å². The molecule has 1 N–H and O–H groups in total. The summed E-state index contributed by atoms with van der Waals surface area (Å²) in [6, 6.07) is 32.6. The van der Waals surface area contributed by atoms with E-state index in [2.05, 4.69) is 91.0 Å². The Morgan fingerprint density at radius 2 is 1.04 bits per heavy atom. The first kappa shape index (κ1) is 19.3. The molecule has 3 aromatic rings. The van der Waals surface area contributed by atoms with Crippen LogP contribution in [-0.4, -0.2) is 17.2 Å². The zero-order chi connectivity index (χ0) is 19.0. The third kappa shape index (κ3) is 4.64. The summed E-state index contributed by atoms with van der Waals surface area (Å²) >= 11 is 0. The van der Waals surface area contributed by atoms with Crippen molar-refractivity contribution < 1.29 is 9.90 Å². The topological polar surface area (TPSA) is 37.3 Å². The van der Waals surface area contributed by atoms with E-state index in [4.69, 9.17) is 5.11 Å². The van der Waals surface area contributed by atoms with E-state index in [9.17, 15) is 4.79 Å². The first-order chi connectivity index (χ1) is 13.2. The maximum atomic E-state index is 10.8. The van der Waals surface area contributed by atoms with Crippen LogP contribution in [0.1, 0.15) is 25.7 Å². The Kier molecular flexibility index (Phi) is 6.79. The molecule has 0 amide bonds. The van der Waals surface area contributed by atoms with Crippen molar-refractivity contribution in [2.75, 3.05) is 6.16 Å². The van der Waals surface area contributed by atoms with Crippen LogP contribution in [0.3, 0.4) is 0 Å². The van der Waals surface area contributed by atoms with Gasteiger partial charge < -0.3 is 0 Å². The third-order valence-corrected chi connectivity index (χ3v) is 10.3. The molecule has 0 heterocycles. The number of benzene rings is 3. The Morgan fingerprint density at radius 1 is 0.630 bits per heavy atom. The number of unbranched alkanes of at least 4 members (excludes halogenated alkanes) is 2. The van der Waals surface area contributed by atoms with Crippen LogP contribution in [0.2, 0.25) is 0 Å². The van der Waals surface area contributed by atoms with Gasteiger partial charge in [0.1, 0.15) is 0 Å². The molecular weight excluding hydrogens is 351 g/mol. The molecule has 3 rings (SSSR count). The predicted molar refractivity (Wildman–Crippen MR) is 118 cm³/mol. The molecule has 0 aliphatic rings. The molecule has 0 fully saturated rings. The first-order valence-electron chi connectivity index (χ1n) is 9.62. The van der Waals surface area contributed by atoms with Crippen molar-refractivity contribution >= 4 is 29.1 Å². The van der Waals surface area contributed by atoms with Crippen molar-refractivity contribution in [2.24, 2.45) is 0 Å². The van der Waals surface area contributed by atoms with E-state index in [0.717, 1.165) is 25.4 Å². The Bertz CT molecular complexity index is 735. The fourth-order valence-electron chi connectivity index (χ4n) is 3.94. The van der Waals surface area contributed by atoms with Gasteiger partial charge >= 0.3 is 162 Å². The van der Waals surface area contributed by atoms with E-state index >= 15 is 0 Å². The van der Waals surface area contributed by atoms with Crippen LogP contribution in [0.15, 0.2) is 91.0 Å². The summed E-state index contributed by atoms with van der Waals surface area (Å²) in [7, 11) is -2.15. The SMILES string of the molecule is O=C(O)CCCCC[PH](c1ccccc1)(c1ccccc1)c1ccccc1. The zero-order valence-corrected chi connectivity index (χ0v) is 16.6. The van der Waals surface area contributed by atoms with Gasteiger partial charge in [-0.1, -0.05) is 0 Å². The number of carbonyl (C=O) groups is 1. The minimum absolute atomic E-state index is 0.260. The normalized spacial score (nSPS) is 11.9. The van der Waals surface area contributed by atoms with Crippen molar-refractivity contribution in [3.8, 4) is 0 Å². The van der Waals surface area contributed by atoms with Gasteiger partial charge in [-0.25, -0.2) is 0 Å². The number of rotatable bonds is 9. The van der Waals surface area contributed by atoms with E-state index in [1.165, 1.54) is 15.9 Å². The van der Waals surface area contributed by atoms with E-state index in [0.29, 0.717) is 0 Å². The number of carboxylic acid groups (broad SMARTS) is 1. The molecule has 0 radical (unpaired) electrons. The van der Waals surface area contributed by atoms with Crippen LogP contribution in [0.4, 0.5) is 0 Å². The summed E-state index contributed by atoms with van der Waals surface area (Å²) in [5.74, 6) is -0.701. The molecule has 0 unspecified atom stereocenters. The Balaban J connectivity index is 2.02. The van der Waals surface area contributed by atoms with E-state index < -0.39 is 13.2 Å². The van der Waals surface area contributed by atoms with Crippen LogP contribution in [-0.2, 0) is 4.79 Å². The van der Waals surface area contributed by atoms with Crippen molar-refractivity contribution in [1.82, 2.24) is 0 Å². The summed E-state index contributed by atoms with van der Waals surface area (Å²) in [5, 5.41) is 13.2. The van der Waals surface area contributed by atoms with Crippen molar-refractivity contribution in [2.45, 2.75) is 25.7 Å². The predicted octanol–water partition coefficient (Wildman–Crippen LogP) is 4.36. The second kappa shape index (κ2) is 9.48. The van der Waals surface area contributed by atoms with Gasteiger partial charge in [0.2, 0.25) is 0 Å². The van der Waals surface area contributed by atoms with Crippen molar-refractivity contribution in [3.63, 3.8) is 0 Å². The molecule has 3 aromatic carbocycles. The van der Waals surface area contributed by atoms with Crippen molar-refractivity contribution in [3.05, 3.63) is 91.0 Å². The molecule has 0 aliphatic heterocycles. The summed E-state index contributed by atoms with van der Waals surface area (Å²) in [6.45, 7) is 0. The molecule has 0 spiro atoms. The van der Waals surface area contributed by atoms with Crippen LogP contribution in [0.25, 0.3) is 0 Å². The van der Waals surface area contributed by atoms with Gasteiger partial charge in [-0.2, -0.15) is 0 Å². The quantitative estimate of drug-likeness (QED) is 0.444. The van der Waals surface area contributed by atoms with E-state index in [1.807, 2.05) is 0 Å². The molecule has 27 heavy (non-hydrogen) atoms. The standard InChI is InChI=1S/C24H27O2P/c25-24(26)19-11-4-12-20-27(21-13-5-1-6-14-21,22-15-7-2-8-16-22)23-17-9-3-10-18-23/h1-3,5-10,13-18,27H,4,11-12,19-20H2,(H,25,26). The van der Waals surface area contributed by atoms with Gasteiger partial charge in [-0.05, 0) is 0 Å². The number of carboxylic acids is 1. The van der Waals surface area contributed by atoms with Gasteiger partial charge in [0, 0.05) is 0 Å². The second-order valence-electron chi connectivity index (χ2n) is 6.96. The monoisotopic (exact) mass is 378 g/mol. The summed E-state index contributed by atoms with van der Waals surface area (Å²) in [6.07, 6.45) is 4.09. The van der Waals surface area contributed by atoms with Crippen LogP contribution < -0.4 is 15.9 Å². The molecule has 0 aliphatic carbocycles. The van der Waals surface area contributed by atoms with Gasteiger partial charge in [0.05, 0.1) is 0 Å². The Morgan fingerprint density at radius 3 is 1.41 bits per heavy atom. The van der Waals surface area contributed by atoms with Gasteiger partial charge in [0.25, 0.3) is 0 Å². The molecule has 0 saturated carbocycles. The third-order valence-electron chi connectivity index (χ3n) is 5.24. The van der Waals surface area contributed by atoms with Crippen LogP contribution >= 0.6 is 7.26 Å². The zero-order valence-electron chi connectivity index (χ0n) is 15.6. The fourth-order valence-corrected chi connectivity index (χ4v) is 8.88. The van der Waals surface area contributed by atoms with Crippen molar-refractivity contribution in [1.29, 1.82) is 0 Å². The fraction of sp³-hybridized carbons (Fsp3) is 0.208. The summed E-state index contributed by atoms with van der Waals surface area (Å²) in [5.41, 5.74) is 0. The van der Waals surface area contributed by atoms with Gasteiger partial charge in [-0.15, -0.1) is 0 Å².